The topological polar surface area (TPSA) is 66.8 Å². The Balaban J connectivity index is 3.04. The summed E-state index contributed by atoms with van der Waals surface area (Å²) in [6.45, 7) is 7.63. The molecule has 0 bridgehead atoms. The Hall–Kier alpha value is -1.55. The number of rotatable bonds is 6. The zero-order chi connectivity index (χ0) is 14.6. The second-order valence-corrected chi connectivity index (χ2v) is 5.01. The molecular formula is C15H22O4. The maximum Gasteiger partial charge on any atom is 0.336 e. The number of ether oxygens (including phenoxy) is 1. The monoisotopic (exact) mass is 266 g/mol. The van der Waals surface area contributed by atoms with Crippen LogP contribution in [0.2, 0.25) is 0 Å². The summed E-state index contributed by atoms with van der Waals surface area (Å²) >= 11 is 0. The predicted molar refractivity (Wildman–Crippen MR) is 73.4 cm³/mol. The number of carboxylic acid groups (broad SMARTS) is 1. The maximum absolute atomic E-state index is 11.4. The molecular weight excluding hydrogens is 244 g/mol. The Labute approximate surface area is 114 Å². The van der Waals surface area contributed by atoms with Crippen molar-refractivity contribution in [2.24, 2.45) is 5.92 Å². The van der Waals surface area contributed by atoms with Crippen LogP contribution in [0.4, 0.5) is 0 Å². The molecule has 0 spiro atoms. The van der Waals surface area contributed by atoms with Gasteiger partial charge in [-0.25, -0.2) is 4.79 Å². The van der Waals surface area contributed by atoms with Gasteiger partial charge in [0.05, 0.1) is 6.61 Å². The molecule has 1 aromatic rings. The third-order valence-corrected chi connectivity index (χ3v) is 3.57. The van der Waals surface area contributed by atoms with Gasteiger partial charge >= 0.3 is 5.97 Å². The van der Waals surface area contributed by atoms with E-state index in [9.17, 15) is 15.0 Å². The van der Waals surface area contributed by atoms with Crippen LogP contribution in [-0.2, 0) is 4.79 Å². The van der Waals surface area contributed by atoms with Crippen molar-refractivity contribution in [3.8, 4) is 5.75 Å². The van der Waals surface area contributed by atoms with Gasteiger partial charge in [-0.05, 0) is 30.5 Å². The highest BCUT2D eigenvalue weighted by Gasteiger charge is 2.45. The zero-order valence-corrected chi connectivity index (χ0v) is 11.9. The van der Waals surface area contributed by atoms with Crippen molar-refractivity contribution < 1.29 is 19.7 Å². The van der Waals surface area contributed by atoms with Crippen LogP contribution in [0, 0.1) is 5.92 Å². The molecule has 2 N–H and O–H groups in total. The Morgan fingerprint density at radius 2 is 1.79 bits per heavy atom. The van der Waals surface area contributed by atoms with Crippen LogP contribution in [-0.4, -0.2) is 28.4 Å². The standard InChI is InChI=1S/C15H22O4/c1-5-19-13-8-6-12(7-9-13)11(4)15(18,10(2)3)14(16)17/h6-11,18H,5H2,1-4H3,(H,16,17). The molecule has 19 heavy (non-hydrogen) atoms. The molecule has 0 saturated heterocycles. The summed E-state index contributed by atoms with van der Waals surface area (Å²) in [7, 11) is 0. The molecule has 1 rings (SSSR count). The molecule has 4 nitrogen and oxygen atoms in total. The van der Waals surface area contributed by atoms with E-state index in [1.165, 1.54) is 0 Å². The quantitative estimate of drug-likeness (QED) is 0.830. The summed E-state index contributed by atoms with van der Waals surface area (Å²) in [6.07, 6.45) is 0. The number of aliphatic carboxylic acids is 1. The second kappa shape index (κ2) is 6.06. The number of carbonyl (C=O) groups is 1. The van der Waals surface area contributed by atoms with Crippen LogP contribution in [0.5, 0.6) is 5.75 Å². The van der Waals surface area contributed by atoms with Crippen molar-refractivity contribution in [1.82, 2.24) is 0 Å². The van der Waals surface area contributed by atoms with Crippen LogP contribution in [0.1, 0.15) is 39.2 Å². The lowest BCUT2D eigenvalue weighted by Gasteiger charge is -2.33. The fourth-order valence-corrected chi connectivity index (χ4v) is 2.21. The third kappa shape index (κ3) is 3.07. The van der Waals surface area contributed by atoms with Gasteiger partial charge in [-0.2, -0.15) is 0 Å². The molecule has 0 aliphatic heterocycles. The maximum atomic E-state index is 11.4. The van der Waals surface area contributed by atoms with Crippen LogP contribution in [0.3, 0.4) is 0 Å². The van der Waals surface area contributed by atoms with Gasteiger partial charge in [-0.3, -0.25) is 0 Å². The molecule has 0 aliphatic carbocycles. The molecule has 0 saturated carbocycles. The molecule has 2 unspecified atom stereocenters. The lowest BCUT2D eigenvalue weighted by atomic mass is 9.76. The highest BCUT2D eigenvalue weighted by Crippen LogP contribution is 2.35. The van der Waals surface area contributed by atoms with E-state index in [-0.39, 0.29) is 5.92 Å². The molecule has 1 aromatic carbocycles. The Morgan fingerprint density at radius 1 is 1.26 bits per heavy atom. The highest BCUT2D eigenvalue weighted by atomic mass is 16.5. The minimum Gasteiger partial charge on any atom is -0.494 e. The highest BCUT2D eigenvalue weighted by molar-refractivity contribution is 5.79. The van der Waals surface area contributed by atoms with Crippen LogP contribution >= 0.6 is 0 Å². The molecule has 0 heterocycles. The molecule has 2 atom stereocenters. The van der Waals surface area contributed by atoms with E-state index >= 15 is 0 Å². The summed E-state index contributed by atoms with van der Waals surface area (Å²) in [4.78, 5) is 11.4. The van der Waals surface area contributed by atoms with Gasteiger partial charge in [0, 0.05) is 5.92 Å². The first-order valence-corrected chi connectivity index (χ1v) is 6.52. The lowest BCUT2D eigenvalue weighted by Crippen LogP contribution is -2.48. The number of carboxylic acids is 1. The smallest absolute Gasteiger partial charge is 0.336 e. The summed E-state index contributed by atoms with van der Waals surface area (Å²) in [5.74, 6) is -1.34. The van der Waals surface area contributed by atoms with Crippen molar-refractivity contribution in [1.29, 1.82) is 0 Å². The van der Waals surface area contributed by atoms with Gasteiger partial charge in [0.15, 0.2) is 5.60 Å². The van der Waals surface area contributed by atoms with Gasteiger partial charge in [0.1, 0.15) is 5.75 Å². The van der Waals surface area contributed by atoms with Crippen molar-refractivity contribution in [2.75, 3.05) is 6.61 Å². The van der Waals surface area contributed by atoms with Gasteiger partial charge in [0.2, 0.25) is 0 Å². The van der Waals surface area contributed by atoms with E-state index in [4.69, 9.17) is 4.74 Å². The molecule has 0 amide bonds. The number of hydrogen-bond donors (Lipinski definition) is 2. The Bertz CT molecular complexity index is 424. The van der Waals surface area contributed by atoms with Crippen LogP contribution < -0.4 is 4.74 Å². The number of benzene rings is 1. The first-order chi connectivity index (χ1) is 8.83. The average Bonchev–Trinajstić information content (AvgIpc) is 2.37. The average molecular weight is 266 g/mol. The fourth-order valence-electron chi connectivity index (χ4n) is 2.21. The van der Waals surface area contributed by atoms with Crippen molar-refractivity contribution in [3.63, 3.8) is 0 Å². The van der Waals surface area contributed by atoms with E-state index in [1.54, 1.807) is 45.0 Å². The Kier molecular flexibility index (Phi) is 4.95. The van der Waals surface area contributed by atoms with E-state index in [0.29, 0.717) is 6.61 Å². The molecule has 4 heteroatoms. The Morgan fingerprint density at radius 3 is 2.16 bits per heavy atom. The van der Waals surface area contributed by atoms with Gasteiger partial charge in [0.25, 0.3) is 0 Å². The number of hydrogen-bond acceptors (Lipinski definition) is 3. The summed E-state index contributed by atoms with van der Waals surface area (Å²) < 4.78 is 5.34. The van der Waals surface area contributed by atoms with E-state index in [0.717, 1.165) is 11.3 Å². The van der Waals surface area contributed by atoms with Crippen molar-refractivity contribution in [3.05, 3.63) is 29.8 Å². The van der Waals surface area contributed by atoms with Crippen molar-refractivity contribution >= 4 is 5.97 Å². The first-order valence-electron chi connectivity index (χ1n) is 6.52. The van der Waals surface area contributed by atoms with Gasteiger partial charge < -0.3 is 14.9 Å². The third-order valence-electron chi connectivity index (χ3n) is 3.57. The van der Waals surface area contributed by atoms with Gasteiger partial charge in [-0.15, -0.1) is 0 Å². The minimum atomic E-state index is -1.77. The van der Waals surface area contributed by atoms with Crippen molar-refractivity contribution in [2.45, 2.75) is 39.2 Å². The minimum absolute atomic E-state index is 0.383. The molecule has 0 aromatic heterocycles. The molecule has 0 radical (unpaired) electrons. The van der Waals surface area contributed by atoms with Crippen LogP contribution in [0.15, 0.2) is 24.3 Å². The fraction of sp³-hybridized carbons (Fsp3) is 0.533. The summed E-state index contributed by atoms with van der Waals surface area (Å²) in [5, 5.41) is 19.7. The zero-order valence-electron chi connectivity index (χ0n) is 11.9. The molecule has 0 fully saturated rings. The largest absolute Gasteiger partial charge is 0.494 e. The van der Waals surface area contributed by atoms with Gasteiger partial charge in [-0.1, -0.05) is 32.9 Å². The van der Waals surface area contributed by atoms with E-state index in [1.807, 2.05) is 6.92 Å². The van der Waals surface area contributed by atoms with Crippen LogP contribution in [0.25, 0.3) is 0 Å². The second-order valence-electron chi connectivity index (χ2n) is 5.01. The number of aliphatic hydroxyl groups is 1. The molecule has 0 aliphatic rings. The van der Waals surface area contributed by atoms with E-state index in [2.05, 4.69) is 0 Å². The lowest BCUT2D eigenvalue weighted by molar-refractivity contribution is -0.166. The predicted octanol–water partition coefficient (Wildman–Crippen LogP) is 2.66. The van der Waals surface area contributed by atoms with E-state index < -0.39 is 17.5 Å². The first kappa shape index (κ1) is 15.5. The molecule has 106 valence electrons. The SMILES string of the molecule is CCOc1ccc(C(C)C(O)(C(=O)O)C(C)C)cc1. The normalized spacial score (nSPS) is 15.9. The summed E-state index contributed by atoms with van der Waals surface area (Å²) in [6, 6.07) is 7.17. The summed E-state index contributed by atoms with van der Waals surface area (Å²) in [5.41, 5.74) is -0.991.